The van der Waals surface area contributed by atoms with Crippen LogP contribution in [0.1, 0.15) is 15.9 Å². The number of rotatable bonds is 3. The van der Waals surface area contributed by atoms with Crippen LogP contribution in [0, 0.1) is 6.92 Å². The van der Waals surface area contributed by atoms with Gasteiger partial charge < -0.3 is 15.8 Å². The predicted octanol–water partition coefficient (Wildman–Crippen LogP) is 3.49. The van der Waals surface area contributed by atoms with Gasteiger partial charge in [0, 0.05) is 5.02 Å². The zero-order valence-corrected chi connectivity index (χ0v) is 12.0. The molecule has 0 fully saturated rings. The Morgan fingerprint density at radius 3 is 2.65 bits per heavy atom. The van der Waals surface area contributed by atoms with E-state index in [0.717, 1.165) is 5.56 Å². The number of nitrogen functional groups attached to an aromatic ring is 1. The molecule has 0 aliphatic rings. The predicted molar refractivity (Wildman–Crippen MR) is 81.5 cm³/mol. The zero-order valence-electron chi connectivity index (χ0n) is 11.2. The Hall–Kier alpha value is -2.20. The number of methoxy groups -OCH3 is 1. The summed E-state index contributed by atoms with van der Waals surface area (Å²) >= 11 is 5.83. The molecule has 0 aliphatic carbocycles. The molecule has 20 heavy (non-hydrogen) atoms. The van der Waals surface area contributed by atoms with Crippen LogP contribution in [-0.4, -0.2) is 13.0 Å². The van der Waals surface area contributed by atoms with Crippen LogP contribution in [-0.2, 0) is 0 Å². The van der Waals surface area contributed by atoms with E-state index in [-0.39, 0.29) is 5.91 Å². The summed E-state index contributed by atoms with van der Waals surface area (Å²) in [4.78, 5) is 12.3. The highest BCUT2D eigenvalue weighted by atomic mass is 35.5. The van der Waals surface area contributed by atoms with E-state index in [4.69, 9.17) is 22.1 Å². The average molecular weight is 291 g/mol. The third-order valence-corrected chi connectivity index (χ3v) is 3.10. The Balaban J connectivity index is 2.30. The van der Waals surface area contributed by atoms with Crippen molar-refractivity contribution in [2.75, 3.05) is 18.2 Å². The second-order valence-corrected chi connectivity index (χ2v) is 4.83. The van der Waals surface area contributed by atoms with Gasteiger partial charge in [-0.2, -0.15) is 0 Å². The van der Waals surface area contributed by atoms with Crippen molar-refractivity contribution < 1.29 is 9.53 Å². The second kappa shape index (κ2) is 5.84. The number of nitrogens with two attached hydrogens (primary N) is 1. The molecular formula is C15H15ClN2O2. The lowest BCUT2D eigenvalue weighted by Gasteiger charge is -2.11. The van der Waals surface area contributed by atoms with Crippen molar-refractivity contribution in [2.45, 2.75) is 6.92 Å². The number of benzene rings is 2. The number of hydrogen-bond donors (Lipinski definition) is 2. The molecule has 5 heteroatoms. The van der Waals surface area contributed by atoms with E-state index < -0.39 is 0 Å². The van der Waals surface area contributed by atoms with E-state index in [1.54, 1.807) is 30.3 Å². The van der Waals surface area contributed by atoms with E-state index in [9.17, 15) is 4.79 Å². The molecule has 0 saturated heterocycles. The first-order valence-electron chi connectivity index (χ1n) is 6.02. The van der Waals surface area contributed by atoms with Crippen molar-refractivity contribution in [2.24, 2.45) is 0 Å². The van der Waals surface area contributed by atoms with Crippen LogP contribution < -0.4 is 15.8 Å². The van der Waals surface area contributed by atoms with Gasteiger partial charge in [0.2, 0.25) is 0 Å². The monoisotopic (exact) mass is 290 g/mol. The van der Waals surface area contributed by atoms with Crippen LogP contribution in [0.25, 0.3) is 0 Å². The molecule has 0 aromatic heterocycles. The highest BCUT2D eigenvalue weighted by Crippen LogP contribution is 2.25. The van der Waals surface area contributed by atoms with Crippen LogP contribution in [0.3, 0.4) is 0 Å². The first kappa shape index (κ1) is 14.2. The van der Waals surface area contributed by atoms with Gasteiger partial charge >= 0.3 is 0 Å². The summed E-state index contributed by atoms with van der Waals surface area (Å²) in [7, 11) is 1.53. The van der Waals surface area contributed by atoms with E-state index in [1.165, 1.54) is 7.11 Å². The van der Waals surface area contributed by atoms with Crippen LogP contribution in [0.5, 0.6) is 5.75 Å². The fraction of sp³-hybridized carbons (Fsp3) is 0.133. The number of amides is 1. The van der Waals surface area contributed by atoms with Crippen molar-refractivity contribution in [1.82, 2.24) is 0 Å². The van der Waals surface area contributed by atoms with E-state index in [2.05, 4.69) is 5.32 Å². The molecular weight excluding hydrogens is 276 g/mol. The Bertz CT molecular complexity index is 656. The quantitative estimate of drug-likeness (QED) is 0.851. The molecule has 0 unspecified atom stereocenters. The highest BCUT2D eigenvalue weighted by Gasteiger charge is 2.13. The van der Waals surface area contributed by atoms with Crippen LogP contribution in [0.4, 0.5) is 11.4 Å². The molecule has 0 saturated carbocycles. The van der Waals surface area contributed by atoms with Crippen LogP contribution in [0.15, 0.2) is 36.4 Å². The number of ether oxygens (including phenoxy) is 1. The van der Waals surface area contributed by atoms with Gasteiger partial charge in [0.15, 0.2) is 0 Å². The lowest BCUT2D eigenvalue weighted by Crippen LogP contribution is -2.14. The number of aryl methyl sites for hydroxylation is 1. The summed E-state index contributed by atoms with van der Waals surface area (Å²) in [5.74, 6) is 0.236. The number of carbonyl (C=O) groups excluding carboxylic acids is 1. The Morgan fingerprint density at radius 1 is 1.25 bits per heavy atom. The molecule has 104 valence electrons. The van der Waals surface area contributed by atoms with Gasteiger partial charge in [0.25, 0.3) is 5.91 Å². The van der Waals surface area contributed by atoms with Crippen LogP contribution >= 0.6 is 11.6 Å². The van der Waals surface area contributed by atoms with Gasteiger partial charge in [-0.3, -0.25) is 4.79 Å². The van der Waals surface area contributed by atoms with Crippen molar-refractivity contribution >= 4 is 28.9 Å². The van der Waals surface area contributed by atoms with Crippen molar-refractivity contribution in [3.63, 3.8) is 0 Å². The van der Waals surface area contributed by atoms with Crippen molar-refractivity contribution in [1.29, 1.82) is 0 Å². The maximum Gasteiger partial charge on any atom is 0.259 e. The number of hydrogen-bond acceptors (Lipinski definition) is 3. The average Bonchev–Trinajstić information content (AvgIpc) is 2.41. The lowest BCUT2D eigenvalue weighted by atomic mass is 10.1. The second-order valence-electron chi connectivity index (χ2n) is 4.39. The van der Waals surface area contributed by atoms with Gasteiger partial charge in [0.05, 0.1) is 24.0 Å². The molecule has 2 aromatic carbocycles. The standard InChI is InChI=1S/C15H15ClN2O2/c1-9-3-6-14(20-2)11(7-9)15(19)18-13-5-4-10(16)8-12(13)17/h3-8H,17H2,1-2H3,(H,18,19). The first-order chi connectivity index (χ1) is 9.51. The molecule has 0 aliphatic heterocycles. The highest BCUT2D eigenvalue weighted by molar-refractivity contribution is 6.31. The van der Waals surface area contributed by atoms with E-state index in [1.807, 2.05) is 13.0 Å². The summed E-state index contributed by atoms with van der Waals surface area (Å²) in [6.45, 7) is 1.91. The summed E-state index contributed by atoms with van der Waals surface area (Å²) in [6, 6.07) is 10.3. The molecule has 0 bridgehead atoms. The molecule has 3 N–H and O–H groups in total. The smallest absolute Gasteiger partial charge is 0.259 e. The summed E-state index contributed by atoms with van der Waals surface area (Å²) in [5.41, 5.74) is 8.18. The number of halogens is 1. The van der Waals surface area contributed by atoms with E-state index in [0.29, 0.717) is 27.7 Å². The van der Waals surface area contributed by atoms with E-state index >= 15 is 0 Å². The molecule has 4 nitrogen and oxygen atoms in total. The van der Waals surface area contributed by atoms with Gasteiger partial charge in [-0.25, -0.2) is 0 Å². The number of anilines is 2. The number of nitrogens with one attached hydrogen (secondary N) is 1. The summed E-state index contributed by atoms with van der Waals surface area (Å²) in [6.07, 6.45) is 0. The summed E-state index contributed by atoms with van der Waals surface area (Å²) < 4.78 is 5.20. The molecule has 0 spiro atoms. The maximum atomic E-state index is 12.3. The molecule has 0 radical (unpaired) electrons. The van der Waals surface area contributed by atoms with Crippen molar-refractivity contribution in [3.05, 3.63) is 52.5 Å². The minimum Gasteiger partial charge on any atom is -0.496 e. The van der Waals surface area contributed by atoms with Gasteiger partial charge in [0.1, 0.15) is 5.75 Å². The Kier molecular flexibility index (Phi) is 4.15. The topological polar surface area (TPSA) is 64.3 Å². The molecule has 0 heterocycles. The molecule has 2 aromatic rings. The number of carbonyl (C=O) groups is 1. The normalized spacial score (nSPS) is 10.2. The largest absolute Gasteiger partial charge is 0.496 e. The first-order valence-corrected chi connectivity index (χ1v) is 6.40. The Labute approximate surface area is 122 Å². The third kappa shape index (κ3) is 3.03. The summed E-state index contributed by atoms with van der Waals surface area (Å²) in [5, 5.41) is 3.27. The minimum absolute atomic E-state index is 0.278. The minimum atomic E-state index is -0.278. The zero-order chi connectivity index (χ0) is 14.7. The fourth-order valence-electron chi connectivity index (χ4n) is 1.84. The van der Waals surface area contributed by atoms with Gasteiger partial charge in [-0.1, -0.05) is 23.2 Å². The molecule has 0 atom stereocenters. The lowest BCUT2D eigenvalue weighted by molar-refractivity contribution is 0.102. The molecule has 2 rings (SSSR count). The van der Waals surface area contributed by atoms with Crippen LogP contribution in [0.2, 0.25) is 5.02 Å². The Morgan fingerprint density at radius 2 is 2.00 bits per heavy atom. The van der Waals surface area contributed by atoms with Crippen molar-refractivity contribution in [3.8, 4) is 5.75 Å². The van der Waals surface area contributed by atoms with Gasteiger partial charge in [-0.05, 0) is 37.3 Å². The molecule has 1 amide bonds. The fourth-order valence-corrected chi connectivity index (χ4v) is 2.02. The maximum absolute atomic E-state index is 12.3. The SMILES string of the molecule is COc1ccc(C)cc1C(=O)Nc1ccc(Cl)cc1N. The van der Waals surface area contributed by atoms with Gasteiger partial charge in [-0.15, -0.1) is 0 Å². The third-order valence-electron chi connectivity index (χ3n) is 2.86.